The number of aliphatic hydroxyl groups is 4. The van der Waals surface area contributed by atoms with Crippen LogP contribution in [0.5, 0.6) is 11.5 Å². The van der Waals surface area contributed by atoms with Crippen LogP contribution in [0.3, 0.4) is 0 Å². The zero-order chi connectivity index (χ0) is 34.2. The Kier molecular flexibility index (Phi) is 15.9. The summed E-state index contributed by atoms with van der Waals surface area (Å²) in [5.41, 5.74) is 6.96. The fraction of sp³-hybridized carbons (Fsp3) is 0.657. The average molecular weight is 641 g/mol. The standard InChI is InChI=1S/2C15H25OP.C5H12O4/c2*1-10-8-11(14(2,3)4)13(16-17)12(9-10)15(5,6)7;6-1-5(2-7,3-8)4-9/h2*8-9H,17H2,1-7H3;6-9H,1-4H2. The van der Waals surface area contributed by atoms with Crippen LogP contribution in [-0.4, -0.2) is 46.9 Å². The summed E-state index contributed by atoms with van der Waals surface area (Å²) < 4.78 is 11.2. The fourth-order valence-electron chi connectivity index (χ4n) is 4.33. The minimum atomic E-state index is -1.11. The van der Waals surface area contributed by atoms with Gasteiger partial charge in [-0.2, -0.15) is 0 Å². The lowest BCUT2D eigenvalue weighted by molar-refractivity contribution is -0.0328. The Labute approximate surface area is 267 Å². The van der Waals surface area contributed by atoms with Gasteiger partial charge in [0.1, 0.15) is 11.5 Å². The van der Waals surface area contributed by atoms with Crippen molar-refractivity contribution in [2.45, 2.75) is 119 Å². The molecule has 0 heterocycles. The zero-order valence-electron chi connectivity index (χ0n) is 29.4. The maximum atomic E-state index is 8.50. The van der Waals surface area contributed by atoms with Crippen LogP contribution in [0.4, 0.5) is 0 Å². The summed E-state index contributed by atoms with van der Waals surface area (Å²) in [6.07, 6.45) is 0. The summed E-state index contributed by atoms with van der Waals surface area (Å²) in [5, 5.41) is 34.0. The zero-order valence-corrected chi connectivity index (χ0v) is 31.7. The Morgan fingerprint density at radius 3 is 0.744 bits per heavy atom. The van der Waals surface area contributed by atoms with Gasteiger partial charge in [-0.15, -0.1) is 0 Å². The molecule has 2 rings (SSSR count). The van der Waals surface area contributed by atoms with Gasteiger partial charge in [-0.3, -0.25) is 0 Å². The normalized spacial score (nSPS) is 12.6. The van der Waals surface area contributed by atoms with E-state index in [1.807, 2.05) is 0 Å². The number of aryl methyl sites for hydroxylation is 2. The average Bonchev–Trinajstić information content (AvgIpc) is 2.88. The highest BCUT2D eigenvalue weighted by Gasteiger charge is 2.28. The smallest absolute Gasteiger partial charge is 0.129 e. The quantitative estimate of drug-likeness (QED) is 0.245. The summed E-state index contributed by atoms with van der Waals surface area (Å²) in [7, 11) is 4.79. The summed E-state index contributed by atoms with van der Waals surface area (Å²) in [5.74, 6) is 2.03. The lowest BCUT2D eigenvalue weighted by Crippen LogP contribution is -2.37. The second-order valence-electron chi connectivity index (χ2n) is 15.7. The van der Waals surface area contributed by atoms with E-state index in [-0.39, 0.29) is 21.7 Å². The Balaban J connectivity index is 0.000000648. The lowest BCUT2D eigenvalue weighted by Gasteiger charge is -2.29. The van der Waals surface area contributed by atoms with E-state index in [1.165, 1.54) is 33.4 Å². The maximum Gasteiger partial charge on any atom is 0.129 e. The first kappa shape index (κ1) is 41.7. The molecule has 0 spiro atoms. The van der Waals surface area contributed by atoms with Crippen molar-refractivity contribution in [3.63, 3.8) is 0 Å². The van der Waals surface area contributed by atoms with E-state index < -0.39 is 31.8 Å². The Morgan fingerprint density at radius 1 is 0.465 bits per heavy atom. The minimum Gasteiger partial charge on any atom is -0.480 e. The molecule has 43 heavy (non-hydrogen) atoms. The number of benzene rings is 2. The molecular weight excluding hydrogens is 578 g/mol. The third-order valence-corrected chi connectivity index (χ3v) is 7.75. The monoisotopic (exact) mass is 640 g/mol. The highest BCUT2D eigenvalue weighted by molar-refractivity contribution is 7.10. The van der Waals surface area contributed by atoms with Crippen LogP contribution < -0.4 is 9.05 Å². The fourth-order valence-corrected chi connectivity index (χ4v) is 4.84. The van der Waals surface area contributed by atoms with Crippen molar-refractivity contribution in [3.05, 3.63) is 57.6 Å². The molecule has 0 amide bonds. The van der Waals surface area contributed by atoms with Crippen LogP contribution in [-0.2, 0) is 21.7 Å². The molecule has 2 unspecified atom stereocenters. The van der Waals surface area contributed by atoms with Crippen LogP contribution in [0.25, 0.3) is 0 Å². The van der Waals surface area contributed by atoms with E-state index in [2.05, 4.69) is 140 Å². The Hall–Kier alpha value is -1.26. The van der Waals surface area contributed by atoms with Crippen LogP contribution in [0.15, 0.2) is 24.3 Å². The molecule has 0 saturated heterocycles. The van der Waals surface area contributed by atoms with Crippen LogP contribution in [0, 0.1) is 19.3 Å². The van der Waals surface area contributed by atoms with Gasteiger partial charge < -0.3 is 29.5 Å². The predicted octanol–water partition coefficient (Wildman–Crippen LogP) is 7.46. The molecule has 6 nitrogen and oxygen atoms in total. The van der Waals surface area contributed by atoms with E-state index in [0.29, 0.717) is 0 Å². The molecule has 8 heteroatoms. The Bertz CT molecular complexity index is 976. The Morgan fingerprint density at radius 2 is 0.651 bits per heavy atom. The highest BCUT2D eigenvalue weighted by Crippen LogP contribution is 2.42. The van der Waals surface area contributed by atoms with E-state index in [0.717, 1.165) is 11.5 Å². The van der Waals surface area contributed by atoms with Gasteiger partial charge in [-0.25, -0.2) is 0 Å². The van der Waals surface area contributed by atoms with Crippen molar-refractivity contribution < 1.29 is 29.5 Å². The molecule has 0 fully saturated rings. The molecule has 0 bridgehead atoms. The number of aliphatic hydroxyl groups excluding tert-OH is 4. The second kappa shape index (κ2) is 16.3. The molecule has 0 aliphatic heterocycles. The van der Waals surface area contributed by atoms with Crippen molar-refractivity contribution in [1.82, 2.24) is 0 Å². The second-order valence-corrected chi connectivity index (χ2v) is 16.2. The van der Waals surface area contributed by atoms with E-state index >= 15 is 0 Å². The molecule has 248 valence electrons. The third-order valence-electron chi connectivity index (χ3n) is 7.28. The molecule has 2 atom stereocenters. The minimum absolute atomic E-state index is 0.0952. The summed E-state index contributed by atoms with van der Waals surface area (Å²) in [6, 6.07) is 8.92. The summed E-state index contributed by atoms with van der Waals surface area (Å²) in [6.45, 7) is 29.4. The molecule has 0 aliphatic rings. The number of hydrogen-bond acceptors (Lipinski definition) is 6. The molecule has 0 saturated carbocycles. The molecule has 0 radical (unpaired) electrons. The van der Waals surface area contributed by atoms with Crippen LogP contribution in [0.2, 0.25) is 0 Å². The van der Waals surface area contributed by atoms with Gasteiger partial charge in [0.05, 0.1) is 50.8 Å². The first-order valence-corrected chi connectivity index (χ1v) is 15.8. The number of hydrogen-bond donors (Lipinski definition) is 4. The van der Waals surface area contributed by atoms with E-state index in [4.69, 9.17) is 29.5 Å². The van der Waals surface area contributed by atoms with E-state index in [9.17, 15) is 0 Å². The topological polar surface area (TPSA) is 99.4 Å². The molecule has 0 aliphatic carbocycles. The summed E-state index contributed by atoms with van der Waals surface area (Å²) >= 11 is 0. The van der Waals surface area contributed by atoms with Gasteiger partial charge in [-0.05, 0) is 35.5 Å². The number of rotatable bonds is 6. The molecule has 2 aromatic carbocycles. The SMILES string of the molecule is Cc1cc(C(C)(C)C)c(OP)c(C(C)(C)C)c1.Cc1cc(C(C)(C)C)c(OP)c(C(C)(C)C)c1.OCC(CO)(CO)CO. The van der Waals surface area contributed by atoms with Crippen LogP contribution in [0.1, 0.15) is 116 Å². The third kappa shape index (κ3) is 12.2. The molecule has 2 aromatic rings. The van der Waals surface area contributed by atoms with Crippen LogP contribution >= 0.6 is 18.9 Å². The van der Waals surface area contributed by atoms with Crippen molar-refractivity contribution in [1.29, 1.82) is 0 Å². The van der Waals surface area contributed by atoms with Gasteiger partial charge in [0.2, 0.25) is 0 Å². The van der Waals surface area contributed by atoms with Gasteiger partial charge in [0.15, 0.2) is 0 Å². The van der Waals surface area contributed by atoms with E-state index in [1.54, 1.807) is 0 Å². The largest absolute Gasteiger partial charge is 0.480 e. The molecule has 0 aromatic heterocycles. The van der Waals surface area contributed by atoms with Crippen molar-refractivity contribution >= 4 is 18.9 Å². The molecule has 4 N–H and O–H groups in total. The van der Waals surface area contributed by atoms with Crippen molar-refractivity contribution in [2.24, 2.45) is 5.41 Å². The molecular formula is C35H62O6P2. The predicted molar refractivity (Wildman–Crippen MR) is 189 cm³/mol. The van der Waals surface area contributed by atoms with Gasteiger partial charge in [0.25, 0.3) is 0 Å². The van der Waals surface area contributed by atoms with Gasteiger partial charge >= 0.3 is 0 Å². The van der Waals surface area contributed by atoms with Gasteiger partial charge in [-0.1, -0.05) is 118 Å². The first-order chi connectivity index (χ1) is 19.4. The van der Waals surface area contributed by atoms with Crippen molar-refractivity contribution in [3.8, 4) is 11.5 Å². The lowest BCUT2D eigenvalue weighted by atomic mass is 9.78. The first-order valence-electron chi connectivity index (χ1n) is 14.9. The maximum absolute atomic E-state index is 8.50. The highest BCUT2D eigenvalue weighted by atomic mass is 31.0. The van der Waals surface area contributed by atoms with Gasteiger partial charge in [0, 0.05) is 22.3 Å². The summed E-state index contributed by atoms with van der Waals surface area (Å²) in [4.78, 5) is 0. The van der Waals surface area contributed by atoms with Crippen molar-refractivity contribution in [2.75, 3.05) is 26.4 Å².